The van der Waals surface area contributed by atoms with Crippen molar-refractivity contribution < 1.29 is 0 Å². The van der Waals surface area contributed by atoms with Crippen LogP contribution in [0.3, 0.4) is 0 Å². The lowest BCUT2D eigenvalue weighted by atomic mass is 10.1. The van der Waals surface area contributed by atoms with Gasteiger partial charge >= 0.3 is 0 Å². The van der Waals surface area contributed by atoms with Crippen LogP contribution in [-0.2, 0) is 6.42 Å². The van der Waals surface area contributed by atoms with Gasteiger partial charge in [0.15, 0.2) is 0 Å². The third-order valence-corrected chi connectivity index (χ3v) is 3.90. The molecule has 98 valence electrons. The largest absolute Gasteiger partial charge is 0.338 e. The van der Waals surface area contributed by atoms with Crippen molar-refractivity contribution >= 4 is 11.4 Å². The maximum atomic E-state index is 5.91. The molecule has 2 aromatic rings. The zero-order valence-electron chi connectivity index (χ0n) is 11.5. The molecular formula is C17H20N2. The van der Waals surface area contributed by atoms with Gasteiger partial charge in [-0.2, -0.15) is 0 Å². The van der Waals surface area contributed by atoms with Crippen LogP contribution in [0.15, 0.2) is 48.5 Å². The second kappa shape index (κ2) is 4.71. The van der Waals surface area contributed by atoms with Gasteiger partial charge in [0.25, 0.3) is 0 Å². The molecule has 1 unspecified atom stereocenters. The molecule has 0 amide bonds. The number of nitrogens with zero attached hydrogens (tertiary/aromatic N) is 1. The van der Waals surface area contributed by atoms with E-state index in [1.807, 2.05) is 6.92 Å². The molecule has 0 spiro atoms. The highest BCUT2D eigenvalue weighted by molar-refractivity contribution is 5.71. The molecule has 2 aromatic carbocycles. The Labute approximate surface area is 114 Å². The molecule has 0 radical (unpaired) electrons. The number of benzene rings is 2. The Morgan fingerprint density at radius 2 is 1.79 bits per heavy atom. The maximum Gasteiger partial charge on any atom is 0.0446 e. The van der Waals surface area contributed by atoms with Crippen LogP contribution < -0.4 is 10.6 Å². The molecule has 0 aromatic heterocycles. The molecule has 2 nitrogen and oxygen atoms in total. The van der Waals surface area contributed by atoms with E-state index in [-0.39, 0.29) is 6.04 Å². The third kappa shape index (κ3) is 2.13. The Bertz CT molecular complexity index is 572. The molecule has 1 aliphatic heterocycles. The molecular weight excluding hydrogens is 232 g/mol. The Hall–Kier alpha value is -1.80. The van der Waals surface area contributed by atoms with Gasteiger partial charge in [-0.3, -0.25) is 0 Å². The van der Waals surface area contributed by atoms with Gasteiger partial charge in [-0.1, -0.05) is 30.3 Å². The van der Waals surface area contributed by atoms with Crippen LogP contribution in [0.1, 0.15) is 31.0 Å². The van der Waals surface area contributed by atoms with Crippen LogP contribution in [0.4, 0.5) is 11.4 Å². The first-order chi connectivity index (χ1) is 9.16. The van der Waals surface area contributed by atoms with E-state index < -0.39 is 0 Å². The molecule has 2 atom stereocenters. The first kappa shape index (κ1) is 12.2. The predicted molar refractivity (Wildman–Crippen MR) is 80.8 cm³/mol. The van der Waals surface area contributed by atoms with E-state index in [0.717, 1.165) is 6.42 Å². The highest BCUT2D eigenvalue weighted by atomic mass is 15.2. The van der Waals surface area contributed by atoms with Crippen LogP contribution in [0.5, 0.6) is 0 Å². The molecule has 0 saturated heterocycles. The molecule has 0 saturated carbocycles. The number of nitrogens with two attached hydrogens (primary N) is 1. The van der Waals surface area contributed by atoms with Crippen molar-refractivity contribution in [1.82, 2.24) is 0 Å². The monoisotopic (exact) mass is 252 g/mol. The van der Waals surface area contributed by atoms with E-state index in [2.05, 4.69) is 60.4 Å². The Morgan fingerprint density at radius 3 is 2.47 bits per heavy atom. The van der Waals surface area contributed by atoms with Crippen LogP contribution in [0, 0.1) is 0 Å². The Morgan fingerprint density at radius 1 is 1.11 bits per heavy atom. The second-order valence-electron chi connectivity index (χ2n) is 5.43. The van der Waals surface area contributed by atoms with Crippen molar-refractivity contribution in [1.29, 1.82) is 0 Å². The highest BCUT2D eigenvalue weighted by Crippen LogP contribution is 2.38. The van der Waals surface area contributed by atoms with E-state index in [0.29, 0.717) is 6.04 Å². The first-order valence-electron chi connectivity index (χ1n) is 6.89. The van der Waals surface area contributed by atoms with Crippen molar-refractivity contribution in [2.75, 3.05) is 4.90 Å². The third-order valence-electron chi connectivity index (χ3n) is 3.90. The summed E-state index contributed by atoms with van der Waals surface area (Å²) in [6.07, 6.45) is 1.12. The van der Waals surface area contributed by atoms with Crippen LogP contribution in [0.25, 0.3) is 0 Å². The number of anilines is 2. The highest BCUT2D eigenvalue weighted by Gasteiger charge is 2.26. The van der Waals surface area contributed by atoms with Gasteiger partial charge < -0.3 is 10.6 Å². The molecule has 2 N–H and O–H groups in total. The topological polar surface area (TPSA) is 29.3 Å². The zero-order chi connectivity index (χ0) is 13.4. The minimum absolute atomic E-state index is 0.0948. The lowest BCUT2D eigenvalue weighted by Crippen LogP contribution is -2.23. The van der Waals surface area contributed by atoms with Gasteiger partial charge in [0.1, 0.15) is 0 Å². The molecule has 2 heteroatoms. The number of para-hydroxylation sites is 1. The average Bonchev–Trinajstić information content (AvgIpc) is 2.74. The Kier molecular flexibility index (Phi) is 3.03. The van der Waals surface area contributed by atoms with Gasteiger partial charge in [-0.25, -0.2) is 0 Å². The summed E-state index contributed by atoms with van der Waals surface area (Å²) in [6.45, 7) is 4.29. The van der Waals surface area contributed by atoms with Crippen LogP contribution in [0.2, 0.25) is 0 Å². The van der Waals surface area contributed by atoms with Crippen molar-refractivity contribution in [2.45, 2.75) is 32.4 Å². The number of hydrogen-bond donors (Lipinski definition) is 1. The smallest absolute Gasteiger partial charge is 0.0446 e. The summed E-state index contributed by atoms with van der Waals surface area (Å²) < 4.78 is 0. The molecule has 0 fully saturated rings. The molecule has 3 rings (SSSR count). The van der Waals surface area contributed by atoms with Crippen molar-refractivity contribution in [3.8, 4) is 0 Å². The Balaban J connectivity index is 1.98. The van der Waals surface area contributed by atoms with Gasteiger partial charge in [-0.15, -0.1) is 0 Å². The average molecular weight is 252 g/mol. The van der Waals surface area contributed by atoms with Crippen molar-refractivity contribution in [3.05, 3.63) is 59.7 Å². The molecule has 1 heterocycles. The fourth-order valence-electron chi connectivity index (χ4n) is 2.90. The van der Waals surface area contributed by atoms with Crippen LogP contribution in [-0.4, -0.2) is 6.04 Å². The summed E-state index contributed by atoms with van der Waals surface area (Å²) in [6, 6.07) is 17.9. The summed E-state index contributed by atoms with van der Waals surface area (Å²) in [7, 11) is 0. The summed E-state index contributed by atoms with van der Waals surface area (Å²) in [5, 5.41) is 0. The number of rotatable bonds is 2. The minimum Gasteiger partial charge on any atom is -0.338 e. The molecule has 0 aliphatic carbocycles. The minimum atomic E-state index is 0.0948. The summed E-state index contributed by atoms with van der Waals surface area (Å²) in [5.41, 5.74) is 11.1. The lowest BCUT2D eigenvalue weighted by molar-refractivity contribution is 0.758. The standard InChI is InChI=1S/C17H20N2/c1-12-11-15-5-3-4-6-17(15)19(12)16-9-7-14(8-10-16)13(2)18/h3-10,12-13H,11,18H2,1-2H3/t12?,13-/m1/s1. The number of hydrogen-bond acceptors (Lipinski definition) is 2. The summed E-state index contributed by atoms with van der Waals surface area (Å²) in [5.74, 6) is 0. The summed E-state index contributed by atoms with van der Waals surface area (Å²) in [4.78, 5) is 2.42. The van der Waals surface area contributed by atoms with Gasteiger partial charge in [0.05, 0.1) is 0 Å². The van der Waals surface area contributed by atoms with E-state index in [1.165, 1.54) is 22.5 Å². The van der Waals surface area contributed by atoms with Crippen molar-refractivity contribution in [3.63, 3.8) is 0 Å². The second-order valence-corrected chi connectivity index (χ2v) is 5.43. The quantitative estimate of drug-likeness (QED) is 0.881. The fraction of sp³-hybridized carbons (Fsp3) is 0.294. The maximum absolute atomic E-state index is 5.91. The number of fused-ring (bicyclic) bond motifs is 1. The fourth-order valence-corrected chi connectivity index (χ4v) is 2.90. The van der Waals surface area contributed by atoms with E-state index in [9.17, 15) is 0 Å². The molecule has 0 bridgehead atoms. The molecule has 19 heavy (non-hydrogen) atoms. The van der Waals surface area contributed by atoms with Crippen LogP contribution >= 0.6 is 0 Å². The van der Waals surface area contributed by atoms with E-state index in [1.54, 1.807) is 0 Å². The normalized spacial score (nSPS) is 19.3. The van der Waals surface area contributed by atoms with Gasteiger partial charge in [-0.05, 0) is 49.6 Å². The first-order valence-corrected chi connectivity index (χ1v) is 6.89. The SMILES string of the molecule is CC1Cc2ccccc2N1c1ccc([C@@H](C)N)cc1. The lowest BCUT2D eigenvalue weighted by Gasteiger charge is -2.25. The van der Waals surface area contributed by atoms with Gasteiger partial charge in [0.2, 0.25) is 0 Å². The predicted octanol–water partition coefficient (Wildman–Crippen LogP) is 3.79. The summed E-state index contributed by atoms with van der Waals surface area (Å²) >= 11 is 0. The van der Waals surface area contributed by atoms with Gasteiger partial charge in [0, 0.05) is 23.5 Å². The van der Waals surface area contributed by atoms with Crippen molar-refractivity contribution in [2.24, 2.45) is 5.73 Å². The zero-order valence-corrected chi connectivity index (χ0v) is 11.5. The van der Waals surface area contributed by atoms with E-state index in [4.69, 9.17) is 5.73 Å². The molecule has 1 aliphatic rings. The van der Waals surface area contributed by atoms with E-state index >= 15 is 0 Å².